The summed E-state index contributed by atoms with van der Waals surface area (Å²) in [5.74, 6) is -0.625. The summed E-state index contributed by atoms with van der Waals surface area (Å²) < 4.78 is 0. The van der Waals surface area contributed by atoms with Crippen molar-refractivity contribution >= 4 is 34.9 Å². The Bertz CT molecular complexity index is 578. The van der Waals surface area contributed by atoms with Crippen LogP contribution in [0.5, 0.6) is 0 Å². The molecule has 1 unspecified atom stereocenters. The molecule has 118 valence electrons. The quantitative estimate of drug-likeness (QED) is 0.601. The molecule has 0 aromatic heterocycles. The Hall–Kier alpha value is -1.82. The summed E-state index contributed by atoms with van der Waals surface area (Å²) in [5, 5.41) is 3.15. The van der Waals surface area contributed by atoms with E-state index in [-0.39, 0.29) is 16.9 Å². The summed E-state index contributed by atoms with van der Waals surface area (Å²) in [7, 11) is 0. The van der Waals surface area contributed by atoms with E-state index in [1.165, 1.54) is 4.90 Å². The minimum absolute atomic E-state index is 0.0604. The van der Waals surface area contributed by atoms with Gasteiger partial charge in [-0.15, -0.1) is 0 Å². The van der Waals surface area contributed by atoms with Crippen LogP contribution in [0.15, 0.2) is 28.8 Å². The van der Waals surface area contributed by atoms with Gasteiger partial charge in [-0.05, 0) is 31.1 Å². The predicted molar refractivity (Wildman–Crippen MR) is 90.7 cm³/mol. The molecule has 1 N–H and O–H groups in total. The first-order valence-corrected chi connectivity index (χ1v) is 8.11. The van der Waals surface area contributed by atoms with Crippen LogP contribution in [0.25, 0.3) is 0 Å². The first-order chi connectivity index (χ1) is 10.6. The lowest BCUT2D eigenvalue weighted by atomic mass is 9.91. The first-order valence-electron chi connectivity index (χ1n) is 7.70. The molecular weight excluding hydrogens is 298 g/mol. The van der Waals surface area contributed by atoms with Crippen molar-refractivity contribution in [1.82, 2.24) is 10.2 Å². The van der Waals surface area contributed by atoms with Gasteiger partial charge in [-0.25, -0.2) is 4.99 Å². The minimum Gasteiger partial charge on any atom is -0.352 e. The number of allylic oxidation sites excluding steroid dienone is 1. The standard InChI is InChI=1S/C16H21N3O2S/c1-3-5-8-17-14(20)11-6-7-12-13(10-11)18-16(22)19(9-4-2)15(12)21/h6-7,10,12H,3-5,8-9H2,1-2H3,(H,17,20). The van der Waals surface area contributed by atoms with Crippen molar-refractivity contribution in [3.05, 3.63) is 23.8 Å². The topological polar surface area (TPSA) is 61.8 Å². The van der Waals surface area contributed by atoms with Gasteiger partial charge in [0.15, 0.2) is 0 Å². The number of aliphatic imine (C=N–C) groups is 1. The Labute approximate surface area is 136 Å². The number of unbranched alkanes of at least 4 members (excludes halogenated alkanes) is 1. The fourth-order valence-electron chi connectivity index (χ4n) is 2.39. The molecule has 1 aliphatic heterocycles. The highest BCUT2D eigenvalue weighted by Gasteiger charge is 2.34. The maximum Gasteiger partial charge on any atom is 0.251 e. The molecule has 5 nitrogen and oxygen atoms in total. The van der Waals surface area contributed by atoms with Crippen molar-refractivity contribution in [2.24, 2.45) is 10.9 Å². The lowest BCUT2D eigenvalue weighted by Crippen LogP contribution is -2.46. The molecule has 0 aromatic rings. The summed E-state index contributed by atoms with van der Waals surface area (Å²) in [6, 6.07) is 0. The Balaban J connectivity index is 2.14. The van der Waals surface area contributed by atoms with E-state index in [2.05, 4.69) is 17.2 Å². The second-order valence-electron chi connectivity index (χ2n) is 5.36. The summed E-state index contributed by atoms with van der Waals surface area (Å²) >= 11 is 5.19. The third-order valence-corrected chi connectivity index (χ3v) is 3.91. The molecule has 2 amide bonds. The molecule has 0 bridgehead atoms. The van der Waals surface area contributed by atoms with Gasteiger partial charge in [0.1, 0.15) is 0 Å². The molecule has 1 heterocycles. The Morgan fingerprint density at radius 3 is 2.86 bits per heavy atom. The number of carbonyl (C=O) groups is 2. The molecule has 0 saturated heterocycles. The van der Waals surface area contributed by atoms with E-state index in [1.807, 2.05) is 6.92 Å². The van der Waals surface area contributed by atoms with Crippen LogP contribution in [0.1, 0.15) is 33.1 Å². The fraction of sp³-hybridized carbons (Fsp3) is 0.500. The number of thiocarbonyl (C=S) groups is 1. The van der Waals surface area contributed by atoms with E-state index in [4.69, 9.17) is 12.2 Å². The minimum atomic E-state index is -0.426. The van der Waals surface area contributed by atoms with Crippen LogP contribution in [0.4, 0.5) is 0 Å². The molecule has 0 fully saturated rings. The average molecular weight is 319 g/mol. The summed E-state index contributed by atoms with van der Waals surface area (Å²) in [5.41, 5.74) is 1.08. The molecule has 0 spiro atoms. The zero-order chi connectivity index (χ0) is 16.1. The largest absolute Gasteiger partial charge is 0.352 e. The fourth-order valence-corrected chi connectivity index (χ4v) is 2.68. The SMILES string of the molecule is CCCCNC(=O)C1=CC2=NC(=S)N(CCC)C(=O)C2C=C1. The van der Waals surface area contributed by atoms with Crippen molar-refractivity contribution in [3.8, 4) is 0 Å². The lowest BCUT2D eigenvalue weighted by molar-refractivity contribution is -0.128. The van der Waals surface area contributed by atoms with E-state index in [1.54, 1.807) is 18.2 Å². The summed E-state index contributed by atoms with van der Waals surface area (Å²) in [4.78, 5) is 30.4. The molecule has 22 heavy (non-hydrogen) atoms. The lowest BCUT2D eigenvalue weighted by Gasteiger charge is -2.30. The number of fused-ring (bicyclic) bond motifs is 1. The van der Waals surface area contributed by atoms with Gasteiger partial charge in [0, 0.05) is 18.7 Å². The Kier molecular flexibility index (Phi) is 5.60. The van der Waals surface area contributed by atoms with E-state index < -0.39 is 5.92 Å². The first kappa shape index (κ1) is 16.5. The number of nitrogens with one attached hydrogen (secondary N) is 1. The highest BCUT2D eigenvalue weighted by molar-refractivity contribution is 7.80. The van der Waals surface area contributed by atoms with Crippen LogP contribution in [0.3, 0.4) is 0 Å². The van der Waals surface area contributed by atoms with E-state index in [9.17, 15) is 9.59 Å². The predicted octanol–water partition coefficient (Wildman–Crippen LogP) is 1.99. The highest BCUT2D eigenvalue weighted by atomic mass is 32.1. The maximum atomic E-state index is 12.4. The summed E-state index contributed by atoms with van der Waals surface area (Å²) in [6.07, 6.45) is 7.90. The van der Waals surface area contributed by atoms with E-state index >= 15 is 0 Å². The van der Waals surface area contributed by atoms with Gasteiger partial charge in [0.25, 0.3) is 5.91 Å². The molecule has 6 heteroatoms. The van der Waals surface area contributed by atoms with Gasteiger partial charge in [-0.3, -0.25) is 14.5 Å². The monoisotopic (exact) mass is 319 g/mol. The third-order valence-electron chi connectivity index (χ3n) is 3.60. The van der Waals surface area contributed by atoms with Gasteiger partial charge in [0.05, 0.1) is 11.6 Å². The van der Waals surface area contributed by atoms with Crippen molar-refractivity contribution in [1.29, 1.82) is 0 Å². The van der Waals surface area contributed by atoms with Crippen molar-refractivity contribution < 1.29 is 9.59 Å². The highest BCUT2D eigenvalue weighted by Crippen LogP contribution is 2.22. The molecule has 1 atom stereocenters. The number of hydrogen-bond donors (Lipinski definition) is 1. The number of amides is 2. The van der Waals surface area contributed by atoms with Gasteiger partial charge in [0.2, 0.25) is 11.0 Å². The summed E-state index contributed by atoms with van der Waals surface area (Å²) in [6.45, 7) is 5.29. The normalized spacial score (nSPS) is 20.5. The van der Waals surface area contributed by atoms with Crippen molar-refractivity contribution in [3.63, 3.8) is 0 Å². The number of hydrogen-bond acceptors (Lipinski definition) is 3. The van der Waals surface area contributed by atoms with Crippen molar-refractivity contribution in [2.75, 3.05) is 13.1 Å². The average Bonchev–Trinajstić information content (AvgIpc) is 2.51. The second-order valence-corrected chi connectivity index (χ2v) is 5.72. The molecule has 2 rings (SSSR count). The van der Waals surface area contributed by atoms with Crippen LogP contribution in [0.2, 0.25) is 0 Å². The van der Waals surface area contributed by atoms with E-state index in [0.29, 0.717) is 24.4 Å². The maximum absolute atomic E-state index is 12.4. The number of carbonyl (C=O) groups excluding carboxylic acids is 2. The second kappa shape index (κ2) is 7.45. The molecular formula is C16H21N3O2S. The zero-order valence-electron chi connectivity index (χ0n) is 13.0. The van der Waals surface area contributed by atoms with Crippen molar-refractivity contribution in [2.45, 2.75) is 33.1 Å². The molecule has 0 radical (unpaired) electrons. The zero-order valence-corrected chi connectivity index (χ0v) is 13.8. The number of nitrogens with zero attached hydrogens (tertiary/aromatic N) is 2. The molecule has 2 aliphatic rings. The smallest absolute Gasteiger partial charge is 0.251 e. The number of rotatable bonds is 6. The Morgan fingerprint density at radius 1 is 1.41 bits per heavy atom. The van der Waals surface area contributed by atoms with Gasteiger partial charge in [-0.2, -0.15) is 0 Å². The molecule has 0 saturated carbocycles. The van der Waals surface area contributed by atoms with E-state index in [0.717, 1.165) is 19.3 Å². The van der Waals surface area contributed by atoms with Crippen LogP contribution >= 0.6 is 12.2 Å². The van der Waals surface area contributed by atoms with Crippen LogP contribution in [-0.4, -0.2) is 40.6 Å². The molecule has 1 aliphatic carbocycles. The van der Waals surface area contributed by atoms with Gasteiger partial charge < -0.3 is 5.32 Å². The van der Waals surface area contributed by atoms with Crippen LogP contribution in [0, 0.1) is 5.92 Å². The van der Waals surface area contributed by atoms with Crippen LogP contribution < -0.4 is 5.32 Å². The van der Waals surface area contributed by atoms with Gasteiger partial charge >= 0.3 is 0 Å². The Morgan fingerprint density at radius 2 is 2.18 bits per heavy atom. The van der Waals surface area contributed by atoms with Gasteiger partial charge in [-0.1, -0.05) is 32.4 Å². The third kappa shape index (κ3) is 3.50. The van der Waals surface area contributed by atoms with Crippen LogP contribution in [-0.2, 0) is 9.59 Å². The molecule has 0 aromatic carbocycles.